The van der Waals surface area contributed by atoms with Crippen LogP contribution in [-0.4, -0.2) is 17.1 Å². The highest BCUT2D eigenvalue weighted by molar-refractivity contribution is 7.80. The molecule has 0 atom stereocenters. The molecule has 0 fully saturated rings. The van der Waals surface area contributed by atoms with Crippen LogP contribution in [0.15, 0.2) is 24.3 Å². The van der Waals surface area contributed by atoms with Crippen LogP contribution in [0.1, 0.15) is 0 Å². The van der Waals surface area contributed by atoms with E-state index < -0.39 is 4.92 Å². The third-order valence-electron chi connectivity index (χ3n) is 1.63. The van der Waals surface area contributed by atoms with E-state index in [0.717, 1.165) is 0 Å². The molecule has 6 nitrogen and oxygen atoms in total. The smallest absolute Gasteiger partial charge is 0.269 e. The largest absolute Gasteiger partial charge is 0.364 e. The molecule has 0 unspecified atom stereocenters. The van der Waals surface area contributed by atoms with Crippen molar-refractivity contribution in [3.63, 3.8) is 0 Å². The molecule has 0 aliphatic rings. The van der Waals surface area contributed by atoms with Crippen LogP contribution in [0.3, 0.4) is 0 Å². The average molecular weight is 226 g/mol. The van der Waals surface area contributed by atoms with Gasteiger partial charge in [-0.1, -0.05) is 0 Å². The molecule has 1 aromatic carbocycles. The fraction of sp³-hybridized carbons (Fsp3) is 0.125. The summed E-state index contributed by atoms with van der Waals surface area (Å²) in [5.74, 6) is 0. The maximum absolute atomic E-state index is 10.4. The van der Waals surface area contributed by atoms with Gasteiger partial charge in [-0.05, 0) is 24.4 Å². The van der Waals surface area contributed by atoms with E-state index in [0.29, 0.717) is 10.8 Å². The topological polar surface area (TPSA) is 79.2 Å². The van der Waals surface area contributed by atoms with Gasteiger partial charge in [0, 0.05) is 19.2 Å². The molecule has 1 aromatic rings. The molecule has 1 rings (SSSR count). The molecule has 0 aromatic heterocycles. The maximum atomic E-state index is 10.4. The van der Waals surface area contributed by atoms with Gasteiger partial charge >= 0.3 is 0 Å². The van der Waals surface area contributed by atoms with Gasteiger partial charge in [-0.2, -0.15) is 0 Å². The molecule has 0 heterocycles. The summed E-state index contributed by atoms with van der Waals surface area (Å²) in [6.45, 7) is 0. The number of nitrogens with one attached hydrogen (secondary N) is 3. The summed E-state index contributed by atoms with van der Waals surface area (Å²) in [5.41, 5.74) is 6.23. The Morgan fingerprint density at radius 2 is 2.00 bits per heavy atom. The second kappa shape index (κ2) is 5.11. The van der Waals surface area contributed by atoms with Crippen molar-refractivity contribution >= 4 is 28.7 Å². The first-order chi connectivity index (χ1) is 7.13. The van der Waals surface area contributed by atoms with Crippen molar-refractivity contribution in [2.45, 2.75) is 0 Å². The molecule has 0 saturated heterocycles. The number of rotatable bonds is 3. The van der Waals surface area contributed by atoms with Crippen molar-refractivity contribution in [2.24, 2.45) is 0 Å². The van der Waals surface area contributed by atoms with Gasteiger partial charge in [0.1, 0.15) is 0 Å². The number of hydrogen-bond donors (Lipinski definition) is 3. The van der Waals surface area contributed by atoms with Gasteiger partial charge in [-0.3, -0.25) is 21.0 Å². The van der Waals surface area contributed by atoms with E-state index in [1.165, 1.54) is 12.1 Å². The van der Waals surface area contributed by atoms with Crippen LogP contribution < -0.4 is 16.2 Å². The van der Waals surface area contributed by atoms with E-state index in [2.05, 4.69) is 16.2 Å². The van der Waals surface area contributed by atoms with E-state index in [4.69, 9.17) is 12.2 Å². The molecule has 0 aliphatic carbocycles. The van der Waals surface area contributed by atoms with Gasteiger partial charge in [0.2, 0.25) is 0 Å². The summed E-state index contributed by atoms with van der Waals surface area (Å²) in [4.78, 5) is 9.91. The molecular weight excluding hydrogens is 216 g/mol. The summed E-state index contributed by atoms with van der Waals surface area (Å²) >= 11 is 4.83. The number of nitrogens with zero attached hydrogens (tertiary/aromatic N) is 1. The van der Waals surface area contributed by atoms with Crippen LogP contribution in [0.2, 0.25) is 0 Å². The van der Waals surface area contributed by atoms with Crippen LogP contribution in [0.25, 0.3) is 0 Å². The molecule has 0 bridgehead atoms. The van der Waals surface area contributed by atoms with Gasteiger partial charge in [0.25, 0.3) is 5.69 Å². The number of non-ortho nitro benzene ring substituents is 1. The number of benzene rings is 1. The Hall–Kier alpha value is -1.89. The van der Waals surface area contributed by atoms with Crippen LogP contribution in [0.5, 0.6) is 0 Å². The zero-order valence-corrected chi connectivity index (χ0v) is 8.80. The third kappa shape index (κ3) is 3.39. The Kier molecular flexibility index (Phi) is 3.81. The van der Waals surface area contributed by atoms with E-state index in [9.17, 15) is 10.1 Å². The fourth-order valence-corrected chi connectivity index (χ4v) is 0.909. The molecule has 0 spiro atoms. The first-order valence-corrected chi connectivity index (χ1v) is 4.52. The Labute approximate surface area is 91.8 Å². The number of thiocarbonyl (C=S) groups is 1. The Morgan fingerprint density at radius 1 is 1.40 bits per heavy atom. The summed E-state index contributed by atoms with van der Waals surface area (Å²) < 4.78 is 0. The molecule has 7 heteroatoms. The van der Waals surface area contributed by atoms with Crippen LogP contribution in [-0.2, 0) is 0 Å². The van der Waals surface area contributed by atoms with E-state index in [1.54, 1.807) is 19.2 Å². The summed E-state index contributed by atoms with van der Waals surface area (Å²) in [7, 11) is 1.69. The first kappa shape index (κ1) is 11.2. The highest BCUT2D eigenvalue weighted by Crippen LogP contribution is 2.14. The summed E-state index contributed by atoms with van der Waals surface area (Å²) in [6.07, 6.45) is 0. The zero-order valence-electron chi connectivity index (χ0n) is 7.98. The number of nitro benzene ring substituents is 1. The lowest BCUT2D eigenvalue weighted by Gasteiger charge is -2.09. The molecule has 0 radical (unpaired) electrons. The van der Waals surface area contributed by atoms with Crippen molar-refractivity contribution in [2.75, 3.05) is 12.5 Å². The lowest BCUT2D eigenvalue weighted by atomic mass is 10.3. The van der Waals surface area contributed by atoms with Crippen LogP contribution in [0, 0.1) is 10.1 Å². The predicted molar refractivity (Wildman–Crippen MR) is 61.5 cm³/mol. The summed E-state index contributed by atoms with van der Waals surface area (Å²) in [5, 5.41) is 13.5. The van der Waals surface area contributed by atoms with Crippen molar-refractivity contribution in [1.82, 2.24) is 10.7 Å². The molecule has 0 amide bonds. The van der Waals surface area contributed by atoms with Gasteiger partial charge in [-0.25, -0.2) is 0 Å². The molecule has 80 valence electrons. The van der Waals surface area contributed by atoms with Crippen LogP contribution in [0.4, 0.5) is 11.4 Å². The lowest BCUT2D eigenvalue weighted by molar-refractivity contribution is -0.384. The standard InChI is InChI=1S/C8H10N4O2S/c1-9-8(15)11-10-6-2-4-7(5-3-6)12(13)14/h2-5,10H,1H3,(H2,9,11,15). The maximum Gasteiger partial charge on any atom is 0.269 e. The molecule has 0 saturated carbocycles. The first-order valence-electron chi connectivity index (χ1n) is 4.11. The second-order valence-corrected chi connectivity index (χ2v) is 3.04. The number of anilines is 1. The monoisotopic (exact) mass is 226 g/mol. The number of hydrazine groups is 1. The second-order valence-electron chi connectivity index (χ2n) is 2.63. The van der Waals surface area contributed by atoms with Gasteiger partial charge in [0.15, 0.2) is 5.11 Å². The van der Waals surface area contributed by atoms with Crippen molar-refractivity contribution < 1.29 is 4.92 Å². The molecule has 15 heavy (non-hydrogen) atoms. The number of hydrogen-bond acceptors (Lipinski definition) is 4. The quantitative estimate of drug-likeness (QED) is 0.405. The van der Waals surface area contributed by atoms with Gasteiger partial charge in [0.05, 0.1) is 10.6 Å². The Balaban J connectivity index is 2.57. The van der Waals surface area contributed by atoms with Gasteiger partial charge in [-0.15, -0.1) is 0 Å². The third-order valence-corrected chi connectivity index (χ3v) is 1.93. The van der Waals surface area contributed by atoms with Crippen molar-refractivity contribution in [1.29, 1.82) is 0 Å². The highest BCUT2D eigenvalue weighted by Gasteiger charge is 2.03. The van der Waals surface area contributed by atoms with E-state index in [-0.39, 0.29) is 5.69 Å². The van der Waals surface area contributed by atoms with E-state index in [1.807, 2.05) is 0 Å². The molecular formula is C8H10N4O2S. The summed E-state index contributed by atoms with van der Waals surface area (Å²) in [6, 6.07) is 5.99. The zero-order chi connectivity index (χ0) is 11.3. The SMILES string of the molecule is CNC(=S)NNc1ccc([N+](=O)[O-])cc1. The Morgan fingerprint density at radius 3 is 2.47 bits per heavy atom. The van der Waals surface area contributed by atoms with Crippen LogP contribution >= 0.6 is 12.2 Å². The minimum atomic E-state index is -0.449. The highest BCUT2D eigenvalue weighted by atomic mass is 32.1. The molecule has 3 N–H and O–H groups in total. The minimum Gasteiger partial charge on any atom is -0.364 e. The molecule has 0 aliphatic heterocycles. The van der Waals surface area contributed by atoms with Crippen molar-refractivity contribution in [3.8, 4) is 0 Å². The fourth-order valence-electron chi connectivity index (χ4n) is 0.858. The van der Waals surface area contributed by atoms with Gasteiger partial charge < -0.3 is 5.32 Å². The predicted octanol–water partition coefficient (Wildman–Crippen LogP) is 1.02. The Bertz CT molecular complexity index is 365. The van der Waals surface area contributed by atoms with Crippen molar-refractivity contribution in [3.05, 3.63) is 34.4 Å². The normalized spacial score (nSPS) is 9.13. The van der Waals surface area contributed by atoms with E-state index >= 15 is 0 Å². The minimum absolute atomic E-state index is 0.0525. The average Bonchev–Trinajstić information content (AvgIpc) is 2.26. The number of nitro groups is 1. The lowest BCUT2D eigenvalue weighted by Crippen LogP contribution is -2.36.